The first-order valence-corrected chi connectivity index (χ1v) is 8.30. The maximum Gasteiger partial charge on any atom is 0.293 e. The van der Waals surface area contributed by atoms with Gasteiger partial charge in [0.2, 0.25) is 5.82 Å². The Labute approximate surface area is 145 Å². The van der Waals surface area contributed by atoms with Gasteiger partial charge in [-0.3, -0.25) is 14.5 Å². The van der Waals surface area contributed by atoms with E-state index >= 15 is 0 Å². The van der Waals surface area contributed by atoms with Gasteiger partial charge in [-0.2, -0.15) is 0 Å². The number of hydrogen-bond acceptors (Lipinski definition) is 4. The lowest BCUT2D eigenvalue weighted by atomic mass is 10.1. The molecule has 1 aliphatic heterocycles. The second-order valence-electron chi connectivity index (χ2n) is 4.83. The van der Waals surface area contributed by atoms with Crippen molar-refractivity contribution in [1.29, 1.82) is 0 Å². The number of nitrogens with zero attached hydrogens (tertiary/aromatic N) is 1. The van der Waals surface area contributed by atoms with E-state index in [1.165, 1.54) is 17.4 Å². The number of hydrogen-bond donors (Lipinski definition) is 0. The number of thiophene rings is 1. The SMILES string of the molecule is O=C1SC(=Cc2cccs2)C(=O)N1Cc1c(F)c(F)c(F)c(F)c1F. The molecule has 0 atom stereocenters. The molecule has 0 radical (unpaired) electrons. The molecule has 1 saturated heterocycles. The second kappa shape index (κ2) is 6.60. The summed E-state index contributed by atoms with van der Waals surface area (Å²) in [6.07, 6.45) is 1.41. The quantitative estimate of drug-likeness (QED) is 0.330. The van der Waals surface area contributed by atoms with Gasteiger partial charge in [-0.15, -0.1) is 11.3 Å². The van der Waals surface area contributed by atoms with E-state index < -0.39 is 52.3 Å². The Kier molecular flexibility index (Phi) is 4.65. The van der Waals surface area contributed by atoms with Crippen LogP contribution in [0, 0.1) is 29.1 Å². The Hall–Kier alpha value is -2.20. The van der Waals surface area contributed by atoms with E-state index in [2.05, 4.69) is 0 Å². The molecule has 25 heavy (non-hydrogen) atoms. The van der Waals surface area contributed by atoms with Crippen LogP contribution in [-0.4, -0.2) is 16.0 Å². The van der Waals surface area contributed by atoms with Gasteiger partial charge in [0.1, 0.15) is 0 Å². The molecule has 0 bridgehead atoms. The molecule has 2 amide bonds. The third-order valence-corrected chi connectivity index (χ3v) is 5.03. The van der Waals surface area contributed by atoms with Gasteiger partial charge in [0, 0.05) is 10.4 Å². The van der Waals surface area contributed by atoms with Crippen LogP contribution in [0.25, 0.3) is 6.08 Å². The van der Waals surface area contributed by atoms with Crippen LogP contribution in [0.4, 0.5) is 26.7 Å². The molecule has 0 N–H and O–H groups in total. The highest BCUT2D eigenvalue weighted by molar-refractivity contribution is 8.18. The Morgan fingerprint density at radius 3 is 2.12 bits per heavy atom. The molecular weight excluding hydrogens is 385 g/mol. The van der Waals surface area contributed by atoms with Crippen molar-refractivity contribution in [2.24, 2.45) is 0 Å². The summed E-state index contributed by atoms with van der Waals surface area (Å²) >= 11 is 1.82. The molecule has 2 heterocycles. The van der Waals surface area contributed by atoms with Gasteiger partial charge in [-0.1, -0.05) is 6.07 Å². The topological polar surface area (TPSA) is 37.4 Å². The molecule has 2 aromatic rings. The van der Waals surface area contributed by atoms with Crippen LogP contribution >= 0.6 is 23.1 Å². The molecule has 0 saturated carbocycles. The normalized spacial score (nSPS) is 16.4. The monoisotopic (exact) mass is 391 g/mol. The fourth-order valence-electron chi connectivity index (χ4n) is 2.09. The van der Waals surface area contributed by atoms with E-state index in [0.29, 0.717) is 21.5 Å². The molecule has 0 unspecified atom stereocenters. The minimum Gasteiger partial charge on any atom is -0.268 e. The summed E-state index contributed by atoms with van der Waals surface area (Å²) in [6.45, 7) is -1.06. The summed E-state index contributed by atoms with van der Waals surface area (Å²) in [5.41, 5.74) is -1.24. The van der Waals surface area contributed by atoms with Crippen molar-refractivity contribution in [2.45, 2.75) is 6.54 Å². The first-order chi connectivity index (χ1) is 11.8. The number of carbonyl (C=O) groups excluding carboxylic acids is 2. The van der Waals surface area contributed by atoms with Gasteiger partial charge in [0.25, 0.3) is 11.1 Å². The summed E-state index contributed by atoms with van der Waals surface area (Å²) in [7, 11) is 0. The minimum atomic E-state index is -2.30. The van der Waals surface area contributed by atoms with Crippen molar-refractivity contribution in [2.75, 3.05) is 0 Å². The summed E-state index contributed by atoms with van der Waals surface area (Å²) in [4.78, 5) is 25.2. The zero-order chi connectivity index (χ0) is 18.3. The summed E-state index contributed by atoms with van der Waals surface area (Å²) in [5.74, 6) is -11.6. The van der Waals surface area contributed by atoms with Crippen molar-refractivity contribution in [3.8, 4) is 0 Å². The van der Waals surface area contributed by atoms with Gasteiger partial charge in [-0.05, 0) is 29.3 Å². The molecular formula is C15H6F5NO2S2. The molecule has 3 nitrogen and oxygen atoms in total. The highest BCUT2D eigenvalue weighted by Crippen LogP contribution is 2.35. The fourth-order valence-corrected chi connectivity index (χ4v) is 3.65. The van der Waals surface area contributed by atoms with Crippen molar-refractivity contribution in [1.82, 2.24) is 4.90 Å². The number of halogens is 5. The summed E-state index contributed by atoms with van der Waals surface area (Å²) < 4.78 is 67.0. The molecule has 3 rings (SSSR count). The van der Waals surface area contributed by atoms with Crippen molar-refractivity contribution in [3.63, 3.8) is 0 Å². The third-order valence-electron chi connectivity index (χ3n) is 3.31. The van der Waals surface area contributed by atoms with Crippen LogP contribution in [0.3, 0.4) is 0 Å². The van der Waals surface area contributed by atoms with Crippen LogP contribution in [-0.2, 0) is 11.3 Å². The van der Waals surface area contributed by atoms with Gasteiger partial charge in [0.15, 0.2) is 23.3 Å². The number of imide groups is 1. The van der Waals surface area contributed by atoms with Crippen molar-refractivity contribution in [3.05, 3.63) is 61.9 Å². The van der Waals surface area contributed by atoms with Gasteiger partial charge in [-0.25, -0.2) is 22.0 Å². The van der Waals surface area contributed by atoms with Crippen molar-refractivity contribution >= 4 is 40.3 Å². The van der Waals surface area contributed by atoms with Gasteiger partial charge < -0.3 is 0 Å². The Balaban J connectivity index is 1.94. The second-order valence-corrected chi connectivity index (χ2v) is 6.80. The minimum absolute atomic E-state index is 0.00341. The lowest BCUT2D eigenvalue weighted by molar-refractivity contribution is -0.123. The third kappa shape index (κ3) is 3.07. The average molecular weight is 391 g/mol. The molecule has 1 aromatic carbocycles. The number of carbonyl (C=O) groups is 2. The lowest BCUT2D eigenvalue weighted by Crippen LogP contribution is -2.29. The van der Waals surface area contributed by atoms with Crippen LogP contribution in [0.2, 0.25) is 0 Å². The Morgan fingerprint density at radius 1 is 0.960 bits per heavy atom. The standard InChI is InChI=1S/C15H6F5NO2S2/c16-9-7(10(17)12(19)13(20)11(9)18)5-21-14(22)8(25-15(21)23)4-6-2-1-3-24-6/h1-4H,5H2. The summed E-state index contributed by atoms with van der Waals surface area (Å²) in [6, 6.07) is 3.40. The molecule has 10 heteroatoms. The highest BCUT2D eigenvalue weighted by Gasteiger charge is 2.37. The predicted octanol–water partition coefficient (Wildman–Crippen LogP) is 4.68. The van der Waals surface area contributed by atoms with Crippen LogP contribution in [0.1, 0.15) is 10.4 Å². The maximum absolute atomic E-state index is 13.7. The van der Waals surface area contributed by atoms with E-state index in [9.17, 15) is 31.5 Å². The zero-order valence-electron chi connectivity index (χ0n) is 12.0. The van der Waals surface area contributed by atoms with E-state index in [-0.39, 0.29) is 4.91 Å². The molecule has 0 aliphatic carbocycles. The smallest absolute Gasteiger partial charge is 0.268 e. The number of thioether (sulfide) groups is 1. The van der Waals surface area contributed by atoms with Gasteiger partial charge in [0.05, 0.1) is 11.4 Å². The fraction of sp³-hybridized carbons (Fsp3) is 0.0667. The van der Waals surface area contributed by atoms with E-state index in [0.717, 1.165) is 0 Å². The Bertz CT molecular complexity index is 882. The molecule has 1 fully saturated rings. The van der Waals surface area contributed by atoms with E-state index in [1.54, 1.807) is 17.5 Å². The van der Waals surface area contributed by atoms with Gasteiger partial charge >= 0.3 is 0 Å². The van der Waals surface area contributed by atoms with Crippen LogP contribution < -0.4 is 0 Å². The number of rotatable bonds is 3. The van der Waals surface area contributed by atoms with Crippen molar-refractivity contribution < 1.29 is 31.5 Å². The lowest BCUT2D eigenvalue weighted by Gasteiger charge is -2.14. The molecule has 130 valence electrons. The average Bonchev–Trinajstić information content (AvgIpc) is 3.18. The maximum atomic E-state index is 13.7. The van der Waals surface area contributed by atoms with Crippen LogP contribution in [0.15, 0.2) is 22.4 Å². The predicted molar refractivity (Wildman–Crippen MR) is 82.1 cm³/mol. The largest absolute Gasteiger partial charge is 0.293 e. The first kappa shape index (κ1) is 17.6. The number of amides is 2. The van der Waals surface area contributed by atoms with E-state index in [4.69, 9.17) is 0 Å². The highest BCUT2D eigenvalue weighted by atomic mass is 32.2. The number of benzene rings is 1. The molecule has 1 aromatic heterocycles. The van der Waals surface area contributed by atoms with E-state index in [1.807, 2.05) is 0 Å². The summed E-state index contributed by atoms with van der Waals surface area (Å²) in [5, 5.41) is 0.877. The first-order valence-electron chi connectivity index (χ1n) is 6.60. The molecule has 0 spiro atoms. The Morgan fingerprint density at radius 2 is 1.56 bits per heavy atom. The molecule has 1 aliphatic rings. The van der Waals surface area contributed by atoms with Crippen LogP contribution in [0.5, 0.6) is 0 Å². The zero-order valence-corrected chi connectivity index (χ0v) is 13.6.